The Morgan fingerprint density at radius 3 is 2.53 bits per heavy atom. The number of nitrogens with zero attached hydrogens (tertiary/aromatic N) is 4. The van der Waals surface area contributed by atoms with Crippen LogP contribution < -0.4 is 15.4 Å². The molecule has 6 heteroatoms. The van der Waals surface area contributed by atoms with Crippen LogP contribution in [0.25, 0.3) is 0 Å². The molecule has 6 nitrogen and oxygen atoms in total. The SMILES string of the molecule is CCOc1nc(N)nc(N2CCC(CC)(CC)C2)n1. The van der Waals surface area contributed by atoms with Crippen LogP contribution in [0, 0.1) is 5.41 Å². The molecule has 0 aliphatic carbocycles. The van der Waals surface area contributed by atoms with Crippen molar-refractivity contribution in [1.82, 2.24) is 15.0 Å². The highest BCUT2D eigenvalue weighted by Crippen LogP contribution is 2.38. The van der Waals surface area contributed by atoms with Gasteiger partial charge in [-0.2, -0.15) is 15.0 Å². The van der Waals surface area contributed by atoms with Gasteiger partial charge in [-0.15, -0.1) is 0 Å². The minimum Gasteiger partial charge on any atom is -0.464 e. The van der Waals surface area contributed by atoms with Crippen molar-refractivity contribution in [2.75, 3.05) is 30.3 Å². The van der Waals surface area contributed by atoms with Gasteiger partial charge in [0.05, 0.1) is 6.61 Å². The highest BCUT2D eigenvalue weighted by Gasteiger charge is 2.36. The van der Waals surface area contributed by atoms with Crippen molar-refractivity contribution in [2.45, 2.75) is 40.0 Å². The zero-order valence-electron chi connectivity index (χ0n) is 12.0. The van der Waals surface area contributed by atoms with E-state index in [1.807, 2.05) is 6.92 Å². The number of anilines is 2. The van der Waals surface area contributed by atoms with E-state index >= 15 is 0 Å². The molecule has 0 aromatic carbocycles. The lowest BCUT2D eigenvalue weighted by Crippen LogP contribution is -2.28. The zero-order chi connectivity index (χ0) is 13.9. The van der Waals surface area contributed by atoms with Crippen LogP contribution in [0.5, 0.6) is 6.01 Å². The Bertz CT molecular complexity index is 433. The lowest BCUT2D eigenvalue weighted by molar-refractivity contribution is 0.300. The molecular formula is C13H23N5O. The van der Waals surface area contributed by atoms with Gasteiger partial charge in [0, 0.05) is 13.1 Å². The van der Waals surface area contributed by atoms with Crippen molar-refractivity contribution in [3.63, 3.8) is 0 Å². The van der Waals surface area contributed by atoms with Crippen molar-refractivity contribution in [1.29, 1.82) is 0 Å². The standard InChI is InChI=1S/C13H23N5O/c1-4-13(5-2)7-8-18(9-13)11-15-10(14)16-12(17-11)19-6-3/h4-9H2,1-3H3,(H2,14,15,16,17). The Kier molecular flexibility index (Phi) is 4.07. The van der Waals surface area contributed by atoms with Crippen molar-refractivity contribution < 1.29 is 4.74 Å². The fourth-order valence-corrected chi connectivity index (χ4v) is 2.63. The molecule has 1 aromatic heterocycles. The molecule has 2 rings (SSSR count). The summed E-state index contributed by atoms with van der Waals surface area (Å²) in [4.78, 5) is 14.7. The average Bonchev–Trinajstić information content (AvgIpc) is 2.84. The number of hydrogen-bond donors (Lipinski definition) is 1. The van der Waals surface area contributed by atoms with Crippen LogP contribution in [0.2, 0.25) is 0 Å². The Balaban J connectivity index is 2.19. The largest absolute Gasteiger partial charge is 0.464 e. The molecule has 1 aromatic rings. The summed E-state index contributed by atoms with van der Waals surface area (Å²) < 4.78 is 5.32. The van der Waals surface area contributed by atoms with Gasteiger partial charge in [0.15, 0.2) is 0 Å². The molecule has 0 spiro atoms. The number of ether oxygens (including phenoxy) is 1. The number of rotatable bonds is 5. The van der Waals surface area contributed by atoms with E-state index in [0.717, 1.165) is 13.1 Å². The topological polar surface area (TPSA) is 77.2 Å². The molecule has 0 radical (unpaired) electrons. The first-order valence-corrected chi connectivity index (χ1v) is 7.01. The molecule has 1 saturated heterocycles. The van der Waals surface area contributed by atoms with Gasteiger partial charge in [-0.1, -0.05) is 13.8 Å². The van der Waals surface area contributed by atoms with Crippen molar-refractivity contribution >= 4 is 11.9 Å². The Morgan fingerprint density at radius 1 is 1.21 bits per heavy atom. The molecule has 0 unspecified atom stereocenters. The first-order valence-electron chi connectivity index (χ1n) is 7.01. The second-order valence-electron chi connectivity index (χ2n) is 5.09. The van der Waals surface area contributed by atoms with Gasteiger partial charge in [0.1, 0.15) is 0 Å². The predicted octanol–water partition coefficient (Wildman–Crippen LogP) is 1.87. The molecule has 2 N–H and O–H groups in total. The maximum atomic E-state index is 5.72. The fraction of sp³-hybridized carbons (Fsp3) is 0.769. The predicted molar refractivity (Wildman–Crippen MR) is 75.3 cm³/mol. The molecule has 2 heterocycles. The summed E-state index contributed by atoms with van der Waals surface area (Å²) in [7, 11) is 0. The maximum absolute atomic E-state index is 5.72. The number of aromatic nitrogens is 3. The molecule has 1 aliphatic heterocycles. The van der Waals surface area contributed by atoms with Crippen LogP contribution >= 0.6 is 0 Å². The third-order valence-electron chi connectivity index (χ3n) is 4.11. The Hall–Kier alpha value is -1.59. The van der Waals surface area contributed by atoms with E-state index in [9.17, 15) is 0 Å². The Morgan fingerprint density at radius 2 is 1.95 bits per heavy atom. The van der Waals surface area contributed by atoms with E-state index in [2.05, 4.69) is 33.7 Å². The third-order valence-corrected chi connectivity index (χ3v) is 4.11. The van der Waals surface area contributed by atoms with Crippen molar-refractivity contribution in [3.05, 3.63) is 0 Å². The zero-order valence-corrected chi connectivity index (χ0v) is 12.0. The normalized spacial score (nSPS) is 17.7. The minimum absolute atomic E-state index is 0.221. The van der Waals surface area contributed by atoms with E-state index in [0.29, 0.717) is 24.0 Å². The number of hydrogen-bond acceptors (Lipinski definition) is 6. The van der Waals surface area contributed by atoms with E-state index in [-0.39, 0.29) is 5.95 Å². The second-order valence-corrected chi connectivity index (χ2v) is 5.09. The van der Waals surface area contributed by atoms with E-state index in [1.54, 1.807) is 0 Å². The first-order chi connectivity index (χ1) is 9.12. The van der Waals surface area contributed by atoms with Gasteiger partial charge in [-0.25, -0.2) is 0 Å². The minimum atomic E-state index is 0.221. The van der Waals surface area contributed by atoms with Gasteiger partial charge in [-0.05, 0) is 31.6 Å². The molecule has 106 valence electrons. The number of nitrogen functional groups attached to an aromatic ring is 1. The van der Waals surface area contributed by atoms with Gasteiger partial charge < -0.3 is 15.4 Å². The maximum Gasteiger partial charge on any atom is 0.323 e. The number of nitrogens with two attached hydrogens (primary N) is 1. The molecule has 0 atom stereocenters. The summed E-state index contributed by atoms with van der Waals surface area (Å²) in [6.45, 7) is 8.87. The van der Waals surface area contributed by atoms with Crippen LogP contribution in [0.15, 0.2) is 0 Å². The first kappa shape index (κ1) is 13.8. The van der Waals surface area contributed by atoms with Crippen molar-refractivity contribution in [3.8, 4) is 6.01 Å². The third kappa shape index (κ3) is 2.88. The molecule has 19 heavy (non-hydrogen) atoms. The summed E-state index contributed by atoms with van der Waals surface area (Å²) >= 11 is 0. The van der Waals surface area contributed by atoms with Gasteiger partial charge in [-0.3, -0.25) is 0 Å². The van der Waals surface area contributed by atoms with E-state index in [4.69, 9.17) is 10.5 Å². The van der Waals surface area contributed by atoms with Crippen LogP contribution in [0.3, 0.4) is 0 Å². The van der Waals surface area contributed by atoms with Crippen LogP contribution in [0.1, 0.15) is 40.0 Å². The van der Waals surface area contributed by atoms with E-state index in [1.165, 1.54) is 19.3 Å². The second kappa shape index (κ2) is 5.59. The average molecular weight is 265 g/mol. The quantitative estimate of drug-likeness (QED) is 0.875. The van der Waals surface area contributed by atoms with Gasteiger partial charge >= 0.3 is 6.01 Å². The van der Waals surface area contributed by atoms with Gasteiger partial charge in [0.25, 0.3) is 0 Å². The Labute approximate surface area is 114 Å². The molecule has 0 bridgehead atoms. The summed E-state index contributed by atoms with van der Waals surface area (Å²) in [6, 6.07) is 0.315. The molecule has 1 aliphatic rings. The van der Waals surface area contributed by atoms with E-state index < -0.39 is 0 Å². The lowest BCUT2D eigenvalue weighted by atomic mass is 9.82. The van der Waals surface area contributed by atoms with Crippen LogP contribution in [-0.4, -0.2) is 34.6 Å². The smallest absolute Gasteiger partial charge is 0.323 e. The fourth-order valence-electron chi connectivity index (χ4n) is 2.63. The summed E-state index contributed by atoms with van der Waals surface area (Å²) in [5.41, 5.74) is 6.10. The monoisotopic (exact) mass is 265 g/mol. The molecular weight excluding hydrogens is 242 g/mol. The van der Waals surface area contributed by atoms with Crippen molar-refractivity contribution in [2.24, 2.45) is 5.41 Å². The molecule has 1 fully saturated rings. The van der Waals surface area contributed by atoms with Gasteiger partial charge in [0.2, 0.25) is 11.9 Å². The highest BCUT2D eigenvalue weighted by atomic mass is 16.5. The molecule has 0 saturated carbocycles. The highest BCUT2D eigenvalue weighted by molar-refractivity contribution is 5.37. The summed E-state index contributed by atoms with van der Waals surface area (Å²) in [5, 5.41) is 0. The summed E-state index contributed by atoms with van der Waals surface area (Å²) in [6.07, 6.45) is 3.54. The summed E-state index contributed by atoms with van der Waals surface area (Å²) in [5.74, 6) is 0.860. The lowest BCUT2D eigenvalue weighted by Gasteiger charge is -2.26. The van der Waals surface area contributed by atoms with Crippen LogP contribution in [0.4, 0.5) is 11.9 Å². The molecule has 0 amide bonds. The van der Waals surface area contributed by atoms with Crippen LogP contribution in [-0.2, 0) is 0 Å².